The molecule has 0 aromatic carbocycles. The van der Waals surface area contributed by atoms with Gasteiger partial charge in [0.15, 0.2) is 0 Å². The summed E-state index contributed by atoms with van der Waals surface area (Å²) in [6.07, 6.45) is 1.40. The smallest absolute Gasteiger partial charge is 0.229 e. The van der Waals surface area contributed by atoms with Crippen molar-refractivity contribution in [3.05, 3.63) is 27.0 Å². The molecule has 2 aromatic heterocycles. The predicted molar refractivity (Wildman–Crippen MR) is 100 cm³/mol. The minimum absolute atomic E-state index is 0.108. The first kappa shape index (κ1) is 18.2. The fourth-order valence-corrected chi connectivity index (χ4v) is 4.82. The van der Waals surface area contributed by atoms with Crippen LogP contribution in [0.15, 0.2) is 21.3 Å². The minimum Gasteiger partial charge on any atom is -0.356 e. The molecule has 1 N–H and O–H groups in total. The van der Waals surface area contributed by atoms with E-state index in [0.29, 0.717) is 32.4 Å². The summed E-state index contributed by atoms with van der Waals surface area (Å²) < 4.78 is 1.02. The molecule has 3 heterocycles. The predicted octanol–water partition coefficient (Wildman–Crippen LogP) is 2.83. The summed E-state index contributed by atoms with van der Waals surface area (Å²) in [7, 11) is 0. The second kappa shape index (κ2) is 8.20. The largest absolute Gasteiger partial charge is 0.356 e. The molecule has 1 saturated heterocycles. The molecule has 0 saturated carbocycles. The average molecular weight is 442 g/mol. The normalized spacial score (nSPS) is 14.4. The zero-order valence-corrected chi connectivity index (χ0v) is 16.5. The Morgan fingerprint density at radius 3 is 2.68 bits per heavy atom. The van der Waals surface area contributed by atoms with Crippen molar-refractivity contribution in [2.45, 2.75) is 25.7 Å². The highest BCUT2D eigenvalue weighted by atomic mass is 79.9. The summed E-state index contributed by atoms with van der Waals surface area (Å²) >= 11 is 6.55. The Bertz CT molecular complexity index is 786. The van der Waals surface area contributed by atoms with Gasteiger partial charge in [0.25, 0.3) is 0 Å². The van der Waals surface area contributed by atoms with Crippen LogP contribution < -0.4 is 5.32 Å². The van der Waals surface area contributed by atoms with Crippen LogP contribution in [0.5, 0.6) is 0 Å². The lowest BCUT2D eigenvalue weighted by molar-refractivity contribution is -0.138. The average Bonchev–Trinajstić information content (AvgIpc) is 3.27. The Balaban J connectivity index is 1.41. The van der Waals surface area contributed by atoms with E-state index < -0.39 is 0 Å². The number of rotatable bonds is 7. The van der Waals surface area contributed by atoms with Gasteiger partial charge in [0, 0.05) is 41.2 Å². The van der Waals surface area contributed by atoms with E-state index in [0.717, 1.165) is 20.1 Å². The number of imide groups is 1. The monoisotopic (exact) mass is 441 g/mol. The molecule has 0 radical (unpaired) electrons. The van der Waals surface area contributed by atoms with Crippen molar-refractivity contribution in [3.8, 4) is 9.88 Å². The second-order valence-corrected chi connectivity index (χ2v) is 8.28. The topological polar surface area (TPSA) is 79.4 Å². The van der Waals surface area contributed by atoms with Crippen molar-refractivity contribution in [1.82, 2.24) is 15.2 Å². The summed E-state index contributed by atoms with van der Waals surface area (Å²) in [6, 6.07) is 2.01. The fraction of sp³-hybridized carbons (Fsp3) is 0.375. The number of thiazole rings is 1. The molecule has 0 aliphatic carbocycles. The Morgan fingerprint density at radius 1 is 1.24 bits per heavy atom. The van der Waals surface area contributed by atoms with E-state index in [1.165, 1.54) is 16.2 Å². The van der Waals surface area contributed by atoms with Crippen LogP contribution in [0.1, 0.15) is 25.0 Å². The number of thiophene rings is 1. The molecule has 3 amide bonds. The van der Waals surface area contributed by atoms with Gasteiger partial charge in [-0.3, -0.25) is 19.3 Å². The highest BCUT2D eigenvalue weighted by Crippen LogP contribution is 2.32. The van der Waals surface area contributed by atoms with Crippen molar-refractivity contribution in [1.29, 1.82) is 0 Å². The number of halogens is 1. The Labute approximate surface area is 161 Å². The van der Waals surface area contributed by atoms with Gasteiger partial charge in [-0.15, -0.1) is 22.7 Å². The summed E-state index contributed by atoms with van der Waals surface area (Å²) in [6.45, 7) is 0.802. The molecular formula is C16H16BrN3O3S2. The molecule has 132 valence electrons. The van der Waals surface area contributed by atoms with Crippen molar-refractivity contribution in [3.63, 3.8) is 0 Å². The van der Waals surface area contributed by atoms with Gasteiger partial charge < -0.3 is 5.32 Å². The molecule has 1 aliphatic rings. The molecule has 1 fully saturated rings. The highest BCUT2D eigenvalue weighted by molar-refractivity contribution is 9.10. The molecular weight excluding hydrogens is 426 g/mol. The van der Waals surface area contributed by atoms with Gasteiger partial charge >= 0.3 is 0 Å². The third kappa shape index (κ3) is 4.74. The van der Waals surface area contributed by atoms with Gasteiger partial charge in [0.2, 0.25) is 17.7 Å². The molecule has 0 bridgehead atoms. The van der Waals surface area contributed by atoms with Crippen LogP contribution in [-0.4, -0.2) is 40.7 Å². The number of carbonyl (C=O) groups excluding carboxylic acids is 3. The fourth-order valence-electron chi connectivity index (χ4n) is 2.49. The summed E-state index contributed by atoms with van der Waals surface area (Å²) in [5.41, 5.74) is 0.743. The number of nitrogens with zero attached hydrogens (tertiary/aromatic N) is 2. The molecule has 0 atom stereocenters. The van der Waals surface area contributed by atoms with Crippen LogP contribution in [0.4, 0.5) is 0 Å². The molecule has 0 unspecified atom stereocenters. The maximum atomic E-state index is 12.0. The van der Waals surface area contributed by atoms with Gasteiger partial charge in [-0.2, -0.15) is 0 Å². The van der Waals surface area contributed by atoms with E-state index in [-0.39, 0.29) is 24.1 Å². The van der Waals surface area contributed by atoms with Crippen LogP contribution in [0, 0.1) is 0 Å². The SMILES string of the molecule is O=C(Cc1csc(-c2cc(Br)cs2)n1)NCCCN1C(=O)CCC1=O. The maximum absolute atomic E-state index is 12.0. The molecule has 9 heteroatoms. The van der Waals surface area contributed by atoms with E-state index >= 15 is 0 Å². The van der Waals surface area contributed by atoms with Gasteiger partial charge in [0.05, 0.1) is 17.0 Å². The van der Waals surface area contributed by atoms with Crippen LogP contribution >= 0.6 is 38.6 Å². The quantitative estimate of drug-likeness (QED) is 0.529. The van der Waals surface area contributed by atoms with Gasteiger partial charge in [-0.1, -0.05) is 0 Å². The molecule has 6 nitrogen and oxygen atoms in total. The molecule has 1 aliphatic heterocycles. The first-order valence-electron chi connectivity index (χ1n) is 7.81. The van der Waals surface area contributed by atoms with Crippen molar-refractivity contribution in [2.24, 2.45) is 0 Å². The Kier molecular flexibility index (Phi) is 5.98. The molecule has 25 heavy (non-hydrogen) atoms. The summed E-state index contributed by atoms with van der Waals surface area (Å²) in [5, 5.41) is 7.61. The van der Waals surface area contributed by atoms with Crippen molar-refractivity contribution >= 4 is 56.3 Å². The van der Waals surface area contributed by atoms with Crippen molar-refractivity contribution < 1.29 is 14.4 Å². The van der Waals surface area contributed by atoms with E-state index in [1.54, 1.807) is 11.3 Å². The number of aromatic nitrogens is 1. The van der Waals surface area contributed by atoms with Crippen LogP contribution in [-0.2, 0) is 20.8 Å². The van der Waals surface area contributed by atoms with E-state index in [9.17, 15) is 14.4 Å². The van der Waals surface area contributed by atoms with E-state index in [1.807, 2.05) is 16.8 Å². The first-order valence-corrected chi connectivity index (χ1v) is 10.4. The van der Waals surface area contributed by atoms with Gasteiger partial charge in [-0.25, -0.2) is 4.98 Å². The lowest BCUT2D eigenvalue weighted by Crippen LogP contribution is -2.33. The standard InChI is InChI=1S/C16H16BrN3O3S2/c17-10-6-12(24-8-10)16-19-11(9-25-16)7-13(21)18-4-1-5-20-14(22)2-3-15(20)23/h6,8-9H,1-5,7H2,(H,18,21). The molecule has 0 spiro atoms. The molecule has 3 rings (SSSR count). The lowest BCUT2D eigenvalue weighted by atomic mass is 10.3. The summed E-state index contributed by atoms with van der Waals surface area (Å²) in [5.74, 6) is -0.346. The van der Waals surface area contributed by atoms with Crippen molar-refractivity contribution in [2.75, 3.05) is 13.1 Å². The van der Waals surface area contributed by atoms with E-state index in [4.69, 9.17) is 0 Å². The van der Waals surface area contributed by atoms with Crippen LogP contribution in [0.2, 0.25) is 0 Å². The third-order valence-corrected chi connectivity index (χ3v) is 6.46. The highest BCUT2D eigenvalue weighted by Gasteiger charge is 2.27. The van der Waals surface area contributed by atoms with Crippen LogP contribution in [0.25, 0.3) is 9.88 Å². The van der Waals surface area contributed by atoms with Gasteiger partial charge in [-0.05, 0) is 28.4 Å². The Morgan fingerprint density at radius 2 is 2.00 bits per heavy atom. The summed E-state index contributed by atoms with van der Waals surface area (Å²) in [4.78, 5) is 41.8. The number of hydrogen-bond donors (Lipinski definition) is 1. The zero-order valence-electron chi connectivity index (χ0n) is 13.3. The number of carbonyl (C=O) groups is 3. The van der Waals surface area contributed by atoms with Gasteiger partial charge in [0.1, 0.15) is 5.01 Å². The minimum atomic E-state index is -0.119. The second-order valence-electron chi connectivity index (χ2n) is 5.59. The maximum Gasteiger partial charge on any atom is 0.229 e. The Hall–Kier alpha value is -1.58. The molecule has 2 aromatic rings. The number of amides is 3. The first-order chi connectivity index (χ1) is 12.0. The van der Waals surface area contributed by atoms with Crippen LogP contribution in [0.3, 0.4) is 0 Å². The zero-order chi connectivity index (χ0) is 17.8. The lowest BCUT2D eigenvalue weighted by Gasteiger charge is -2.13. The van der Waals surface area contributed by atoms with E-state index in [2.05, 4.69) is 26.2 Å². The number of likely N-dealkylation sites (tertiary alicyclic amines) is 1. The number of nitrogens with one attached hydrogen (secondary N) is 1. The third-order valence-electron chi connectivity index (χ3n) is 3.71. The number of hydrogen-bond acceptors (Lipinski definition) is 6.